The number of hydrogen-bond acceptors (Lipinski definition) is 3. The standard InChI is InChI=1S/C10H15NO2/c1-11-10(13)9(7-12)8-5-3-2-4-6-8/h2-6,9-13H,7H2,1H3. The summed E-state index contributed by atoms with van der Waals surface area (Å²) in [6.45, 7) is -0.0635. The summed E-state index contributed by atoms with van der Waals surface area (Å²) < 4.78 is 0. The average Bonchev–Trinajstić information content (AvgIpc) is 2.20. The molecule has 0 spiro atoms. The van der Waals surface area contributed by atoms with Crippen molar-refractivity contribution in [3.8, 4) is 0 Å². The quantitative estimate of drug-likeness (QED) is 0.586. The third kappa shape index (κ3) is 2.52. The number of benzene rings is 1. The Balaban J connectivity index is 2.78. The average molecular weight is 181 g/mol. The van der Waals surface area contributed by atoms with E-state index in [0.717, 1.165) is 5.56 Å². The van der Waals surface area contributed by atoms with Gasteiger partial charge in [-0.05, 0) is 12.6 Å². The lowest BCUT2D eigenvalue weighted by molar-refractivity contribution is 0.0850. The highest BCUT2D eigenvalue weighted by molar-refractivity contribution is 5.20. The van der Waals surface area contributed by atoms with Crippen molar-refractivity contribution >= 4 is 0 Å². The Morgan fingerprint density at radius 1 is 1.31 bits per heavy atom. The molecule has 3 N–H and O–H groups in total. The smallest absolute Gasteiger partial charge is 0.113 e. The van der Waals surface area contributed by atoms with Crippen LogP contribution in [0.2, 0.25) is 0 Å². The summed E-state index contributed by atoms with van der Waals surface area (Å²) in [6, 6.07) is 9.47. The van der Waals surface area contributed by atoms with Crippen LogP contribution in [0.3, 0.4) is 0 Å². The first-order valence-electron chi connectivity index (χ1n) is 4.30. The molecule has 0 amide bonds. The Labute approximate surface area is 78.0 Å². The van der Waals surface area contributed by atoms with E-state index in [9.17, 15) is 5.11 Å². The van der Waals surface area contributed by atoms with Crippen LogP contribution in [-0.4, -0.2) is 30.1 Å². The van der Waals surface area contributed by atoms with Crippen molar-refractivity contribution in [2.45, 2.75) is 12.1 Å². The molecule has 0 heterocycles. The number of aliphatic hydroxyl groups excluding tert-OH is 2. The lowest BCUT2D eigenvalue weighted by Crippen LogP contribution is -2.33. The highest BCUT2D eigenvalue weighted by atomic mass is 16.3. The maximum atomic E-state index is 9.50. The van der Waals surface area contributed by atoms with Crippen LogP contribution in [0.1, 0.15) is 11.5 Å². The zero-order chi connectivity index (χ0) is 9.68. The van der Waals surface area contributed by atoms with Crippen molar-refractivity contribution in [3.63, 3.8) is 0 Å². The molecule has 1 aromatic carbocycles. The van der Waals surface area contributed by atoms with Crippen LogP contribution in [0.15, 0.2) is 30.3 Å². The third-order valence-corrected chi connectivity index (χ3v) is 2.10. The molecular weight excluding hydrogens is 166 g/mol. The first-order chi connectivity index (χ1) is 6.29. The fourth-order valence-electron chi connectivity index (χ4n) is 1.29. The van der Waals surface area contributed by atoms with Gasteiger partial charge in [0.1, 0.15) is 6.23 Å². The Hall–Kier alpha value is -0.900. The molecule has 0 saturated heterocycles. The second kappa shape index (κ2) is 4.97. The zero-order valence-corrected chi connectivity index (χ0v) is 7.64. The first kappa shape index (κ1) is 10.2. The molecule has 0 saturated carbocycles. The number of likely N-dealkylation sites (N-methyl/N-ethyl adjacent to an activating group) is 1. The minimum atomic E-state index is -0.701. The molecule has 13 heavy (non-hydrogen) atoms. The second-order valence-electron chi connectivity index (χ2n) is 2.93. The SMILES string of the molecule is CNC(O)C(CO)c1ccccc1. The summed E-state index contributed by atoms with van der Waals surface area (Å²) in [6.07, 6.45) is -0.701. The van der Waals surface area contributed by atoms with Crippen molar-refractivity contribution < 1.29 is 10.2 Å². The summed E-state index contributed by atoms with van der Waals surface area (Å²) in [4.78, 5) is 0. The van der Waals surface area contributed by atoms with E-state index in [1.54, 1.807) is 7.05 Å². The summed E-state index contributed by atoms with van der Waals surface area (Å²) in [5.41, 5.74) is 0.937. The molecule has 0 radical (unpaired) electrons. The van der Waals surface area contributed by atoms with Crippen LogP contribution in [-0.2, 0) is 0 Å². The number of rotatable bonds is 4. The maximum Gasteiger partial charge on any atom is 0.113 e. The maximum absolute atomic E-state index is 9.50. The van der Waals surface area contributed by atoms with Gasteiger partial charge in [-0.1, -0.05) is 30.3 Å². The zero-order valence-electron chi connectivity index (χ0n) is 7.64. The van der Waals surface area contributed by atoms with Gasteiger partial charge < -0.3 is 10.2 Å². The van der Waals surface area contributed by atoms with Gasteiger partial charge in [0.05, 0.1) is 6.61 Å². The summed E-state index contributed by atoms with van der Waals surface area (Å²) >= 11 is 0. The van der Waals surface area contributed by atoms with Crippen molar-refractivity contribution in [2.75, 3.05) is 13.7 Å². The number of nitrogens with one attached hydrogen (secondary N) is 1. The van der Waals surface area contributed by atoms with Gasteiger partial charge in [0.25, 0.3) is 0 Å². The monoisotopic (exact) mass is 181 g/mol. The van der Waals surface area contributed by atoms with E-state index in [1.807, 2.05) is 30.3 Å². The van der Waals surface area contributed by atoms with Crippen LogP contribution in [0, 0.1) is 0 Å². The molecule has 1 rings (SSSR count). The van der Waals surface area contributed by atoms with Crippen molar-refractivity contribution in [2.24, 2.45) is 0 Å². The van der Waals surface area contributed by atoms with Crippen LogP contribution in [0.25, 0.3) is 0 Å². The lowest BCUT2D eigenvalue weighted by atomic mass is 9.98. The van der Waals surface area contributed by atoms with Gasteiger partial charge in [-0.3, -0.25) is 5.32 Å². The minimum Gasteiger partial charge on any atom is -0.396 e. The van der Waals surface area contributed by atoms with E-state index in [2.05, 4.69) is 5.32 Å². The van der Waals surface area contributed by atoms with Gasteiger partial charge in [-0.2, -0.15) is 0 Å². The molecule has 0 aliphatic heterocycles. The van der Waals surface area contributed by atoms with Gasteiger partial charge in [0.2, 0.25) is 0 Å². The topological polar surface area (TPSA) is 52.5 Å². The summed E-state index contributed by atoms with van der Waals surface area (Å²) in [5, 5.41) is 21.3. The molecule has 2 atom stereocenters. The molecule has 1 aromatic rings. The minimum absolute atomic E-state index is 0.0635. The first-order valence-corrected chi connectivity index (χ1v) is 4.30. The van der Waals surface area contributed by atoms with Gasteiger partial charge >= 0.3 is 0 Å². The Kier molecular flexibility index (Phi) is 3.89. The van der Waals surface area contributed by atoms with E-state index in [-0.39, 0.29) is 12.5 Å². The van der Waals surface area contributed by atoms with Crippen LogP contribution < -0.4 is 5.32 Å². The van der Waals surface area contributed by atoms with Crippen LogP contribution in [0.4, 0.5) is 0 Å². The van der Waals surface area contributed by atoms with E-state index < -0.39 is 6.23 Å². The molecule has 0 aliphatic rings. The summed E-state index contributed by atoms with van der Waals surface area (Å²) in [5.74, 6) is -0.258. The predicted molar refractivity (Wildman–Crippen MR) is 51.3 cm³/mol. The molecule has 0 aromatic heterocycles. The van der Waals surface area contributed by atoms with Gasteiger partial charge in [-0.25, -0.2) is 0 Å². The van der Waals surface area contributed by atoms with E-state index in [0.29, 0.717) is 0 Å². The Morgan fingerprint density at radius 2 is 1.92 bits per heavy atom. The van der Waals surface area contributed by atoms with E-state index >= 15 is 0 Å². The lowest BCUT2D eigenvalue weighted by Gasteiger charge is -2.20. The molecule has 0 bridgehead atoms. The normalized spacial score (nSPS) is 15.3. The van der Waals surface area contributed by atoms with Crippen molar-refractivity contribution in [3.05, 3.63) is 35.9 Å². The molecule has 0 fully saturated rings. The van der Waals surface area contributed by atoms with E-state index in [1.165, 1.54) is 0 Å². The van der Waals surface area contributed by atoms with Crippen molar-refractivity contribution in [1.29, 1.82) is 0 Å². The summed E-state index contributed by atoms with van der Waals surface area (Å²) in [7, 11) is 1.66. The van der Waals surface area contributed by atoms with Gasteiger partial charge in [0, 0.05) is 5.92 Å². The van der Waals surface area contributed by atoms with Gasteiger partial charge in [0.15, 0.2) is 0 Å². The molecule has 0 aliphatic carbocycles. The van der Waals surface area contributed by atoms with Crippen LogP contribution >= 0.6 is 0 Å². The molecule has 2 unspecified atom stereocenters. The largest absolute Gasteiger partial charge is 0.396 e. The van der Waals surface area contributed by atoms with Crippen LogP contribution in [0.5, 0.6) is 0 Å². The number of aliphatic hydroxyl groups is 2. The molecule has 72 valence electrons. The highest BCUT2D eigenvalue weighted by Crippen LogP contribution is 2.17. The molecule has 3 nitrogen and oxygen atoms in total. The Morgan fingerprint density at radius 3 is 2.38 bits per heavy atom. The molecular formula is C10H15NO2. The number of hydrogen-bond donors (Lipinski definition) is 3. The fourth-order valence-corrected chi connectivity index (χ4v) is 1.29. The second-order valence-corrected chi connectivity index (χ2v) is 2.93. The third-order valence-electron chi connectivity index (χ3n) is 2.10. The predicted octanol–water partition coefficient (Wildman–Crippen LogP) is 0.300. The van der Waals surface area contributed by atoms with Gasteiger partial charge in [-0.15, -0.1) is 0 Å². The molecule has 3 heteroatoms. The van der Waals surface area contributed by atoms with E-state index in [4.69, 9.17) is 5.11 Å². The fraction of sp³-hybridized carbons (Fsp3) is 0.400. The highest BCUT2D eigenvalue weighted by Gasteiger charge is 2.17. The van der Waals surface area contributed by atoms with Crippen molar-refractivity contribution in [1.82, 2.24) is 5.32 Å². The Bertz CT molecular complexity index is 238.